The maximum Gasteiger partial charge on any atom is 0.315 e. The molecule has 34 heavy (non-hydrogen) atoms. The number of carbonyl (C=O) groups excluding carboxylic acids is 1. The molecule has 0 spiro atoms. The van der Waals surface area contributed by atoms with Crippen LogP contribution in [0.2, 0.25) is 0 Å². The first-order chi connectivity index (χ1) is 16.1. The number of aromatic nitrogens is 6. The highest BCUT2D eigenvalue weighted by Gasteiger charge is 2.31. The summed E-state index contributed by atoms with van der Waals surface area (Å²) in [4.78, 5) is 16.0. The zero-order valence-electron chi connectivity index (χ0n) is 20.2. The molecule has 176 valence electrons. The Morgan fingerprint density at radius 1 is 0.882 bits per heavy atom. The van der Waals surface area contributed by atoms with Gasteiger partial charge in [-0.2, -0.15) is 15.2 Å². The SMILES string of the molecule is COC(=O)C(C)(C)c1ccc2ccnn2c1.Cc1noc(C(C)(C)c2ccc3ccnn3c2)n1. The van der Waals surface area contributed by atoms with E-state index >= 15 is 0 Å². The van der Waals surface area contributed by atoms with E-state index in [1.54, 1.807) is 16.9 Å². The summed E-state index contributed by atoms with van der Waals surface area (Å²) >= 11 is 0. The van der Waals surface area contributed by atoms with Crippen molar-refractivity contribution < 1.29 is 14.1 Å². The average molecular weight is 461 g/mol. The van der Waals surface area contributed by atoms with Crippen molar-refractivity contribution in [1.29, 1.82) is 0 Å². The van der Waals surface area contributed by atoms with Crippen LogP contribution in [0.5, 0.6) is 0 Å². The molecular weight excluding hydrogens is 432 g/mol. The number of esters is 1. The molecule has 5 rings (SSSR count). The van der Waals surface area contributed by atoms with Gasteiger partial charge in [-0.05, 0) is 70.0 Å². The van der Waals surface area contributed by atoms with E-state index in [0.29, 0.717) is 11.7 Å². The van der Waals surface area contributed by atoms with E-state index in [1.165, 1.54) is 7.11 Å². The quantitative estimate of drug-likeness (QED) is 0.372. The van der Waals surface area contributed by atoms with Crippen molar-refractivity contribution in [3.63, 3.8) is 0 Å². The maximum atomic E-state index is 11.7. The minimum atomic E-state index is -0.658. The summed E-state index contributed by atoms with van der Waals surface area (Å²) in [6, 6.07) is 11.8. The van der Waals surface area contributed by atoms with Gasteiger partial charge in [-0.3, -0.25) is 4.79 Å². The van der Waals surface area contributed by atoms with Crippen molar-refractivity contribution in [2.75, 3.05) is 7.11 Å². The average Bonchev–Trinajstić information content (AvgIpc) is 3.58. The second-order valence-electron chi connectivity index (χ2n) is 9.13. The molecule has 0 aliphatic rings. The Labute approximate surface area is 197 Å². The minimum absolute atomic E-state index is 0.251. The van der Waals surface area contributed by atoms with Gasteiger partial charge in [-0.15, -0.1) is 0 Å². The number of aryl methyl sites for hydroxylation is 1. The highest BCUT2D eigenvalue weighted by molar-refractivity contribution is 5.82. The van der Waals surface area contributed by atoms with Gasteiger partial charge in [0, 0.05) is 24.8 Å². The molecule has 5 heterocycles. The maximum absolute atomic E-state index is 11.7. The summed E-state index contributed by atoms with van der Waals surface area (Å²) in [7, 11) is 1.40. The van der Waals surface area contributed by atoms with Crippen molar-refractivity contribution in [3.8, 4) is 0 Å². The largest absolute Gasteiger partial charge is 0.468 e. The van der Waals surface area contributed by atoms with Crippen LogP contribution in [0.15, 0.2) is 65.7 Å². The second-order valence-corrected chi connectivity index (χ2v) is 9.13. The van der Waals surface area contributed by atoms with Crippen LogP contribution in [0.25, 0.3) is 11.0 Å². The molecule has 9 heteroatoms. The van der Waals surface area contributed by atoms with Crippen LogP contribution in [-0.2, 0) is 20.4 Å². The number of ether oxygens (including phenoxy) is 1. The molecule has 0 atom stereocenters. The zero-order valence-corrected chi connectivity index (χ0v) is 20.2. The monoisotopic (exact) mass is 460 g/mol. The van der Waals surface area contributed by atoms with Gasteiger partial charge in [0.05, 0.1) is 29.0 Å². The van der Waals surface area contributed by atoms with Crippen molar-refractivity contribution in [2.45, 2.75) is 45.4 Å². The summed E-state index contributed by atoms with van der Waals surface area (Å²) in [6.07, 6.45) is 7.36. The number of methoxy groups -OCH3 is 1. The molecular formula is C25H28N6O3. The Bertz CT molecular complexity index is 1440. The van der Waals surface area contributed by atoms with Crippen molar-refractivity contribution >= 4 is 17.0 Å². The first kappa shape index (κ1) is 23.2. The van der Waals surface area contributed by atoms with Crippen LogP contribution in [0.4, 0.5) is 0 Å². The molecule has 0 N–H and O–H groups in total. The van der Waals surface area contributed by atoms with Gasteiger partial charge >= 0.3 is 5.97 Å². The van der Waals surface area contributed by atoms with Crippen molar-refractivity contribution in [2.24, 2.45) is 0 Å². The molecule has 0 saturated heterocycles. The molecule has 0 aliphatic carbocycles. The van der Waals surface area contributed by atoms with Crippen LogP contribution >= 0.6 is 0 Å². The molecule has 5 aromatic rings. The lowest BCUT2D eigenvalue weighted by Crippen LogP contribution is -2.30. The van der Waals surface area contributed by atoms with E-state index in [4.69, 9.17) is 9.26 Å². The molecule has 5 aromatic heterocycles. The van der Waals surface area contributed by atoms with Gasteiger partial charge in [0.1, 0.15) is 0 Å². The van der Waals surface area contributed by atoms with Gasteiger partial charge in [0.15, 0.2) is 5.82 Å². The molecule has 9 nitrogen and oxygen atoms in total. The topological polar surface area (TPSA) is 99.8 Å². The van der Waals surface area contributed by atoms with Crippen LogP contribution < -0.4 is 0 Å². The summed E-state index contributed by atoms with van der Waals surface area (Å²) in [5, 5.41) is 12.2. The van der Waals surface area contributed by atoms with Crippen LogP contribution in [-0.4, -0.2) is 42.4 Å². The Morgan fingerprint density at radius 2 is 1.44 bits per heavy atom. The molecule has 0 bridgehead atoms. The highest BCUT2D eigenvalue weighted by atomic mass is 16.5. The fourth-order valence-electron chi connectivity index (χ4n) is 3.62. The van der Waals surface area contributed by atoms with Crippen LogP contribution in [0.1, 0.15) is 50.5 Å². The number of carbonyl (C=O) groups is 1. The van der Waals surface area contributed by atoms with E-state index in [9.17, 15) is 4.79 Å². The number of pyridine rings is 2. The Morgan fingerprint density at radius 3 is 1.97 bits per heavy atom. The van der Waals surface area contributed by atoms with Gasteiger partial charge < -0.3 is 9.26 Å². The summed E-state index contributed by atoms with van der Waals surface area (Å²) in [5.74, 6) is 1.02. The first-order valence-corrected chi connectivity index (χ1v) is 10.9. The fourth-order valence-corrected chi connectivity index (χ4v) is 3.62. The predicted octanol–water partition coefficient (Wildman–Crippen LogP) is 4.14. The molecule has 0 unspecified atom stereocenters. The van der Waals surface area contributed by atoms with E-state index in [2.05, 4.69) is 40.3 Å². The van der Waals surface area contributed by atoms with Crippen molar-refractivity contribution in [3.05, 3.63) is 84.0 Å². The Hall–Kier alpha value is -4.01. The molecule has 0 fully saturated rings. The van der Waals surface area contributed by atoms with Gasteiger partial charge in [0.2, 0.25) is 5.89 Å². The third-order valence-corrected chi connectivity index (χ3v) is 5.99. The van der Waals surface area contributed by atoms with E-state index in [1.807, 2.05) is 68.0 Å². The van der Waals surface area contributed by atoms with Crippen molar-refractivity contribution in [1.82, 2.24) is 29.4 Å². The van der Waals surface area contributed by atoms with Crippen LogP contribution in [0.3, 0.4) is 0 Å². The van der Waals surface area contributed by atoms with E-state index in [-0.39, 0.29) is 11.4 Å². The standard InChI is InChI=1S/C13H14N4O.C12H14N2O2/c1-9-15-12(18-16-9)13(2,3)10-4-5-11-6-7-14-17(11)8-10;1-12(2,11(15)16-3)9-4-5-10-6-7-13-14(10)8-9/h4-8H,1-3H3;4-8H,1-3H3. The molecule has 0 radical (unpaired) electrons. The minimum Gasteiger partial charge on any atom is -0.468 e. The number of hydrogen-bond acceptors (Lipinski definition) is 7. The summed E-state index contributed by atoms with van der Waals surface area (Å²) in [6.45, 7) is 9.61. The highest BCUT2D eigenvalue weighted by Crippen LogP contribution is 2.30. The summed E-state index contributed by atoms with van der Waals surface area (Å²) < 4.78 is 13.7. The predicted molar refractivity (Wildman–Crippen MR) is 127 cm³/mol. The first-order valence-electron chi connectivity index (χ1n) is 10.9. The lowest BCUT2D eigenvalue weighted by Gasteiger charge is -2.21. The molecule has 0 aromatic carbocycles. The van der Waals surface area contributed by atoms with E-state index in [0.717, 1.165) is 22.2 Å². The lowest BCUT2D eigenvalue weighted by molar-refractivity contribution is -0.146. The molecule has 0 saturated carbocycles. The number of rotatable bonds is 4. The second kappa shape index (κ2) is 8.74. The smallest absolute Gasteiger partial charge is 0.315 e. The summed E-state index contributed by atoms with van der Waals surface area (Å²) in [5.41, 5.74) is 3.05. The molecule has 0 amide bonds. The normalized spacial score (nSPS) is 11.9. The zero-order chi connectivity index (χ0) is 24.5. The number of nitrogens with zero attached hydrogens (tertiary/aromatic N) is 6. The lowest BCUT2D eigenvalue weighted by atomic mass is 9.85. The third-order valence-electron chi connectivity index (χ3n) is 5.99. The van der Waals surface area contributed by atoms with Gasteiger partial charge in [-0.1, -0.05) is 17.3 Å². The van der Waals surface area contributed by atoms with Gasteiger partial charge in [0.25, 0.3) is 0 Å². The molecule has 0 aliphatic heterocycles. The fraction of sp³-hybridized carbons (Fsp3) is 0.320. The van der Waals surface area contributed by atoms with Crippen LogP contribution in [0, 0.1) is 6.92 Å². The Kier molecular flexibility index (Phi) is 5.95. The third kappa shape index (κ3) is 4.28. The Balaban J connectivity index is 0.000000162. The van der Waals surface area contributed by atoms with E-state index < -0.39 is 5.41 Å². The number of fused-ring (bicyclic) bond motifs is 2. The number of hydrogen-bond donors (Lipinski definition) is 0. The van der Waals surface area contributed by atoms with Gasteiger partial charge in [-0.25, -0.2) is 9.03 Å².